The van der Waals surface area contributed by atoms with E-state index in [9.17, 15) is 4.79 Å². The summed E-state index contributed by atoms with van der Waals surface area (Å²) in [6.07, 6.45) is 5.64. The Labute approximate surface area is 145 Å². The first-order valence-corrected chi connectivity index (χ1v) is 9.27. The number of hydrogen-bond acceptors (Lipinski definition) is 3. The van der Waals surface area contributed by atoms with Crippen LogP contribution in [0.1, 0.15) is 37.7 Å². The molecule has 2 saturated carbocycles. The van der Waals surface area contributed by atoms with Crippen LogP contribution in [0.15, 0.2) is 30.3 Å². The fraction of sp³-hybridized carbons (Fsp3) is 0.650. The summed E-state index contributed by atoms with van der Waals surface area (Å²) >= 11 is 0. The van der Waals surface area contributed by atoms with Crippen LogP contribution >= 0.6 is 0 Å². The minimum atomic E-state index is 0.166. The normalized spacial score (nSPS) is 29.2. The number of benzene rings is 1. The monoisotopic (exact) mass is 330 g/mol. The maximum Gasteiger partial charge on any atom is 0.225 e. The number of hydrogen-bond donors (Lipinski definition) is 1. The molecule has 4 heteroatoms. The second kappa shape index (κ2) is 8.13. The van der Waals surface area contributed by atoms with Crippen molar-refractivity contribution in [1.82, 2.24) is 4.90 Å². The van der Waals surface area contributed by atoms with E-state index < -0.39 is 0 Å². The largest absolute Gasteiger partial charge is 0.375 e. The van der Waals surface area contributed by atoms with Gasteiger partial charge in [0.15, 0.2) is 0 Å². The predicted octanol–water partition coefficient (Wildman–Crippen LogP) is 2.82. The number of rotatable bonds is 6. The Morgan fingerprint density at radius 2 is 1.88 bits per heavy atom. The second-order valence-electron chi connectivity index (χ2n) is 7.49. The number of amides is 1. The van der Waals surface area contributed by atoms with Crippen molar-refractivity contribution in [2.24, 2.45) is 23.5 Å². The van der Waals surface area contributed by atoms with E-state index in [-0.39, 0.29) is 11.8 Å². The molecule has 1 amide bonds. The molecule has 0 heterocycles. The van der Waals surface area contributed by atoms with Gasteiger partial charge in [0, 0.05) is 25.6 Å². The number of carbonyl (C=O) groups excluding carboxylic acids is 1. The van der Waals surface area contributed by atoms with Crippen LogP contribution in [0.25, 0.3) is 0 Å². The van der Waals surface area contributed by atoms with E-state index >= 15 is 0 Å². The smallest absolute Gasteiger partial charge is 0.225 e. The minimum Gasteiger partial charge on any atom is -0.375 e. The van der Waals surface area contributed by atoms with Crippen molar-refractivity contribution in [1.29, 1.82) is 0 Å². The van der Waals surface area contributed by atoms with Crippen molar-refractivity contribution in [2.45, 2.75) is 44.8 Å². The highest BCUT2D eigenvalue weighted by Gasteiger charge is 2.41. The molecule has 2 aliphatic rings. The van der Waals surface area contributed by atoms with Gasteiger partial charge < -0.3 is 15.4 Å². The molecule has 2 N–H and O–H groups in total. The zero-order chi connectivity index (χ0) is 16.9. The number of ether oxygens (including phenoxy) is 1. The lowest BCUT2D eigenvalue weighted by atomic mass is 9.65. The standard InChI is InChI=1S/C20H30N2O2/c1-22(10-11-24-14-15-6-3-2-4-7-15)20(23)18-12-16-8-5-9-17(13-18)19(16)21/h2-4,6-7,16-19H,5,8-14,21H2,1H3. The van der Waals surface area contributed by atoms with Crippen molar-refractivity contribution in [3.05, 3.63) is 35.9 Å². The highest BCUT2D eigenvalue weighted by Crippen LogP contribution is 2.42. The third kappa shape index (κ3) is 4.17. The summed E-state index contributed by atoms with van der Waals surface area (Å²) in [7, 11) is 1.90. The Bertz CT molecular complexity index is 520. The fourth-order valence-corrected chi connectivity index (χ4v) is 4.38. The average Bonchev–Trinajstić information content (AvgIpc) is 2.58. The molecule has 3 rings (SSSR count). The highest BCUT2D eigenvalue weighted by atomic mass is 16.5. The summed E-state index contributed by atoms with van der Waals surface area (Å²) < 4.78 is 5.71. The Balaban J connectivity index is 1.42. The van der Waals surface area contributed by atoms with Gasteiger partial charge in [0.2, 0.25) is 5.91 Å². The van der Waals surface area contributed by atoms with E-state index in [0.29, 0.717) is 37.6 Å². The molecule has 132 valence electrons. The lowest BCUT2D eigenvalue weighted by molar-refractivity contribution is -0.138. The summed E-state index contributed by atoms with van der Waals surface area (Å²) in [5.41, 5.74) is 7.50. The van der Waals surface area contributed by atoms with Gasteiger partial charge in [-0.2, -0.15) is 0 Å². The molecule has 2 atom stereocenters. The number of nitrogens with two attached hydrogens (primary N) is 1. The van der Waals surface area contributed by atoms with Gasteiger partial charge in [0.25, 0.3) is 0 Å². The number of fused-ring (bicyclic) bond motifs is 2. The molecule has 2 unspecified atom stereocenters. The molecule has 2 bridgehead atoms. The van der Waals surface area contributed by atoms with E-state index in [0.717, 1.165) is 12.8 Å². The molecule has 0 radical (unpaired) electrons. The van der Waals surface area contributed by atoms with E-state index in [4.69, 9.17) is 10.5 Å². The molecule has 4 nitrogen and oxygen atoms in total. The van der Waals surface area contributed by atoms with Crippen LogP contribution in [0.3, 0.4) is 0 Å². The van der Waals surface area contributed by atoms with Crippen LogP contribution in [0.2, 0.25) is 0 Å². The average molecular weight is 330 g/mol. The van der Waals surface area contributed by atoms with Gasteiger partial charge in [-0.25, -0.2) is 0 Å². The van der Waals surface area contributed by atoms with Crippen LogP contribution in [-0.4, -0.2) is 37.0 Å². The van der Waals surface area contributed by atoms with E-state index in [1.807, 2.05) is 30.1 Å². The molecule has 2 fully saturated rings. The topological polar surface area (TPSA) is 55.6 Å². The predicted molar refractivity (Wildman–Crippen MR) is 95.3 cm³/mol. The van der Waals surface area contributed by atoms with Gasteiger partial charge in [-0.05, 0) is 43.1 Å². The Morgan fingerprint density at radius 3 is 2.54 bits per heavy atom. The minimum absolute atomic E-state index is 0.166. The molecule has 1 aromatic rings. The molecule has 1 aromatic carbocycles. The first-order chi connectivity index (χ1) is 11.6. The third-order valence-electron chi connectivity index (χ3n) is 5.82. The highest BCUT2D eigenvalue weighted by molar-refractivity contribution is 5.78. The van der Waals surface area contributed by atoms with Crippen molar-refractivity contribution >= 4 is 5.91 Å². The van der Waals surface area contributed by atoms with Gasteiger partial charge >= 0.3 is 0 Å². The van der Waals surface area contributed by atoms with Crippen LogP contribution in [0, 0.1) is 17.8 Å². The summed E-state index contributed by atoms with van der Waals surface area (Å²) in [4.78, 5) is 14.6. The lowest BCUT2D eigenvalue weighted by Gasteiger charge is -2.44. The van der Waals surface area contributed by atoms with E-state index in [1.54, 1.807) is 0 Å². The number of nitrogens with zero attached hydrogens (tertiary/aromatic N) is 1. The third-order valence-corrected chi connectivity index (χ3v) is 5.82. The van der Waals surface area contributed by atoms with Gasteiger partial charge in [-0.3, -0.25) is 4.79 Å². The zero-order valence-electron chi connectivity index (χ0n) is 14.7. The Kier molecular flexibility index (Phi) is 5.90. The molecule has 0 aromatic heterocycles. The first-order valence-electron chi connectivity index (χ1n) is 9.27. The summed E-state index contributed by atoms with van der Waals surface area (Å²) in [5, 5.41) is 0. The van der Waals surface area contributed by atoms with Crippen LogP contribution in [0.5, 0.6) is 0 Å². The quantitative estimate of drug-likeness (QED) is 0.816. The lowest BCUT2D eigenvalue weighted by Crippen LogP contribution is -2.49. The molecule has 2 aliphatic carbocycles. The molecule has 0 spiro atoms. The SMILES string of the molecule is CN(CCOCc1ccccc1)C(=O)C1CC2CCCC(C1)C2N. The van der Waals surface area contributed by atoms with E-state index in [1.165, 1.54) is 24.8 Å². The summed E-state index contributed by atoms with van der Waals surface area (Å²) in [6, 6.07) is 10.5. The van der Waals surface area contributed by atoms with Gasteiger partial charge in [-0.15, -0.1) is 0 Å². The fourth-order valence-electron chi connectivity index (χ4n) is 4.38. The van der Waals surface area contributed by atoms with Crippen molar-refractivity contribution < 1.29 is 9.53 Å². The molecule has 0 saturated heterocycles. The van der Waals surface area contributed by atoms with E-state index in [2.05, 4.69) is 12.1 Å². The van der Waals surface area contributed by atoms with Crippen LogP contribution in [-0.2, 0) is 16.1 Å². The summed E-state index contributed by atoms with van der Waals surface area (Å²) in [6.45, 7) is 1.84. The zero-order valence-corrected chi connectivity index (χ0v) is 14.7. The second-order valence-corrected chi connectivity index (χ2v) is 7.49. The number of carbonyl (C=O) groups is 1. The maximum absolute atomic E-state index is 12.7. The van der Waals surface area contributed by atoms with Crippen molar-refractivity contribution in [2.75, 3.05) is 20.2 Å². The Morgan fingerprint density at radius 1 is 1.21 bits per heavy atom. The van der Waals surface area contributed by atoms with Crippen molar-refractivity contribution in [3.63, 3.8) is 0 Å². The van der Waals surface area contributed by atoms with Crippen LogP contribution in [0.4, 0.5) is 0 Å². The summed E-state index contributed by atoms with van der Waals surface area (Å²) in [5.74, 6) is 1.55. The molecule has 24 heavy (non-hydrogen) atoms. The Hall–Kier alpha value is -1.39. The van der Waals surface area contributed by atoms with Gasteiger partial charge in [0.05, 0.1) is 13.2 Å². The molecular weight excluding hydrogens is 300 g/mol. The van der Waals surface area contributed by atoms with Crippen molar-refractivity contribution in [3.8, 4) is 0 Å². The number of likely N-dealkylation sites (N-methyl/N-ethyl adjacent to an activating group) is 1. The molecule has 0 aliphatic heterocycles. The first kappa shape index (κ1) is 17.4. The van der Waals surface area contributed by atoms with Gasteiger partial charge in [-0.1, -0.05) is 36.8 Å². The maximum atomic E-state index is 12.7. The van der Waals surface area contributed by atoms with Crippen LogP contribution < -0.4 is 5.73 Å². The van der Waals surface area contributed by atoms with Gasteiger partial charge in [0.1, 0.15) is 0 Å². The molecular formula is C20H30N2O2.